The summed E-state index contributed by atoms with van der Waals surface area (Å²) in [4.78, 5) is 26.4. The van der Waals surface area contributed by atoms with Crippen molar-refractivity contribution in [3.63, 3.8) is 0 Å². The number of hydrogen-bond acceptors (Lipinski definition) is 6. The van der Waals surface area contributed by atoms with Gasteiger partial charge in [-0.2, -0.15) is 0 Å². The lowest BCUT2D eigenvalue weighted by molar-refractivity contribution is -0.384. The number of benzene rings is 1. The molecule has 8 nitrogen and oxygen atoms in total. The van der Waals surface area contributed by atoms with Gasteiger partial charge < -0.3 is 9.73 Å². The summed E-state index contributed by atoms with van der Waals surface area (Å²) in [5.41, 5.74) is 0.761. The summed E-state index contributed by atoms with van der Waals surface area (Å²) in [6.07, 6.45) is 4.91. The predicted octanol–water partition coefficient (Wildman–Crippen LogP) is 2.78. The molecule has 0 saturated heterocycles. The van der Waals surface area contributed by atoms with Gasteiger partial charge in [-0.3, -0.25) is 19.5 Å². The second kappa shape index (κ2) is 7.67. The molecule has 0 saturated carbocycles. The third kappa shape index (κ3) is 4.27. The number of thioether (sulfide) groups is 1. The molecule has 128 valence electrons. The topological polar surface area (TPSA) is 103 Å². The molecular formula is C16H14N4O4S. The van der Waals surface area contributed by atoms with Crippen molar-refractivity contribution in [1.82, 2.24) is 14.9 Å². The van der Waals surface area contributed by atoms with Gasteiger partial charge in [-0.05, 0) is 24.3 Å². The van der Waals surface area contributed by atoms with Crippen molar-refractivity contribution < 1.29 is 14.1 Å². The Morgan fingerprint density at radius 3 is 2.80 bits per heavy atom. The maximum atomic E-state index is 11.9. The molecule has 0 aliphatic heterocycles. The van der Waals surface area contributed by atoms with Gasteiger partial charge in [0.05, 0.1) is 23.5 Å². The highest BCUT2D eigenvalue weighted by Crippen LogP contribution is 2.22. The second-order valence-corrected chi connectivity index (χ2v) is 5.94. The maximum absolute atomic E-state index is 11.9. The molecule has 2 heterocycles. The van der Waals surface area contributed by atoms with E-state index in [9.17, 15) is 14.9 Å². The molecule has 0 fully saturated rings. The molecule has 2 aromatic heterocycles. The van der Waals surface area contributed by atoms with Crippen LogP contribution < -0.4 is 5.32 Å². The van der Waals surface area contributed by atoms with E-state index in [0.29, 0.717) is 17.5 Å². The molecule has 1 amide bonds. The molecule has 0 unspecified atom stereocenters. The zero-order valence-electron chi connectivity index (χ0n) is 13.0. The van der Waals surface area contributed by atoms with Crippen LogP contribution >= 0.6 is 11.8 Å². The predicted molar refractivity (Wildman–Crippen MR) is 91.5 cm³/mol. The van der Waals surface area contributed by atoms with Crippen molar-refractivity contribution in [2.45, 2.75) is 11.7 Å². The van der Waals surface area contributed by atoms with E-state index in [2.05, 4.69) is 10.3 Å². The van der Waals surface area contributed by atoms with Crippen molar-refractivity contribution in [2.24, 2.45) is 0 Å². The highest BCUT2D eigenvalue weighted by atomic mass is 32.2. The summed E-state index contributed by atoms with van der Waals surface area (Å²) in [5, 5.41) is 14.1. The van der Waals surface area contributed by atoms with Gasteiger partial charge in [0.15, 0.2) is 5.16 Å². The van der Waals surface area contributed by atoms with Gasteiger partial charge in [-0.25, -0.2) is 4.98 Å². The van der Waals surface area contributed by atoms with Crippen LogP contribution in [0.1, 0.15) is 5.76 Å². The largest absolute Gasteiger partial charge is 0.467 e. The molecule has 0 bridgehead atoms. The zero-order valence-corrected chi connectivity index (χ0v) is 13.8. The van der Waals surface area contributed by atoms with E-state index in [4.69, 9.17) is 4.42 Å². The zero-order chi connectivity index (χ0) is 17.6. The third-order valence-corrected chi connectivity index (χ3v) is 4.28. The Labute approximate surface area is 147 Å². The van der Waals surface area contributed by atoms with Crippen LogP contribution in [0.3, 0.4) is 0 Å². The van der Waals surface area contributed by atoms with Crippen molar-refractivity contribution in [1.29, 1.82) is 0 Å². The molecule has 1 N–H and O–H groups in total. The molecule has 0 radical (unpaired) electrons. The van der Waals surface area contributed by atoms with E-state index in [1.807, 2.05) is 0 Å². The summed E-state index contributed by atoms with van der Waals surface area (Å²) in [6, 6.07) is 9.69. The molecule has 3 rings (SSSR count). The Morgan fingerprint density at radius 2 is 2.12 bits per heavy atom. The molecule has 1 aromatic carbocycles. The first-order chi connectivity index (χ1) is 12.1. The van der Waals surface area contributed by atoms with Crippen molar-refractivity contribution in [3.8, 4) is 5.69 Å². The van der Waals surface area contributed by atoms with Crippen molar-refractivity contribution in [2.75, 3.05) is 5.75 Å². The average molecular weight is 358 g/mol. The van der Waals surface area contributed by atoms with Crippen LogP contribution in [0.5, 0.6) is 0 Å². The normalized spacial score (nSPS) is 10.6. The minimum Gasteiger partial charge on any atom is -0.467 e. The van der Waals surface area contributed by atoms with E-state index < -0.39 is 4.92 Å². The number of hydrogen-bond donors (Lipinski definition) is 1. The lowest BCUT2D eigenvalue weighted by Crippen LogP contribution is -2.24. The molecule has 25 heavy (non-hydrogen) atoms. The number of carbonyl (C=O) groups is 1. The van der Waals surface area contributed by atoms with Gasteiger partial charge in [0, 0.05) is 30.2 Å². The third-order valence-electron chi connectivity index (χ3n) is 3.32. The Hall–Kier alpha value is -3.07. The SMILES string of the molecule is O=C(CSc1nccn1-c1ccc([N+](=O)[O-])cc1)NCc1ccco1. The summed E-state index contributed by atoms with van der Waals surface area (Å²) >= 11 is 1.28. The summed E-state index contributed by atoms with van der Waals surface area (Å²) in [5.74, 6) is 0.746. The van der Waals surface area contributed by atoms with Gasteiger partial charge in [0.2, 0.25) is 5.91 Å². The standard InChI is InChI=1S/C16H14N4O4S/c21-15(18-10-14-2-1-9-24-14)11-25-16-17-7-8-19(16)12-3-5-13(6-4-12)20(22)23/h1-9H,10-11H2,(H,18,21). The van der Waals surface area contributed by atoms with E-state index in [0.717, 1.165) is 5.69 Å². The van der Waals surface area contributed by atoms with Gasteiger partial charge in [0.1, 0.15) is 5.76 Å². The van der Waals surface area contributed by atoms with E-state index >= 15 is 0 Å². The van der Waals surface area contributed by atoms with Crippen LogP contribution in [-0.4, -0.2) is 26.1 Å². The number of nitrogens with zero attached hydrogens (tertiary/aromatic N) is 3. The van der Waals surface area contributed by atoms with Crippen molar-refractivity contribution >= 4 is 23.4 Å². The maximum Gasteiger partial charge on any atom is 0.269 e. The molecule has 0 spiro atoms. The highest BCUT2D eigenvalue weighted by Gasteiger charge is 2.11. The number of nitro groups is 1. The number of rotatable bonds is 7. The smallest absolute Gasteiger partial charge is 0.269 e. The Balaban J connectivity index is 1.59. The van der Waals surface area contributed by atoms with Crippen LogP contribution in [0.4, 0.5) is 5.69 Å². The van der Waals surface area contributed by atoms with Crippen LogP contribution in [0.2, 0.25) is 0 Å². The number of amides is 1. The summed E-state index contributed by atoms with van der Waals surface area (Å²) < 4.78 is 6.92. The fraction of sp³-hybridized carbons (Fsp3) is 0.125. The fourth-order valence-electron chi connectivity index (χ4n) is 2.11. The van der Waals surface area contributed by atoms with E-state index in [1.54, 1.807) is 47.5 Å². The number of aromatic nitrogens is 2. The minimum atomic E-state index is -0.448. The first kappa shape index (κ1) is 16.8. The first-order valence-corrected chi connectivity index (χ1v) is 8.32. The molecule has 3 aromatic rings. The second-order valence-electron chi connectivity index (χ2n) is 5.00. The van der Waals surface area contributed by atoms with Crippen molar-refractivity contribution in [3.05, 3.63) is 70.9 Å². The van der Waals surface area contributed by atoms with E-state index in [1.165, 1.54) is 23.9 Å². The number of non-ortho nitro benzene ring substituents is 1. The Morgan fingerprint density at radius 1 is 1.32 bits per heavy atom. The Kier molecular flexibility index (Phi) is 5.14. The monoisotopic (exact) mass is 358 g/mol. The fourth-order valence-corrected chi connectivity index (χ4v) is 2.91. The average Bonchev–Trinajstić information content (AvgIpc) is 3.29. The van der Waals surface area contributed by atoms with Crippen LogP contribution in [0.25, 0.3) is 5.69 Å². The van der Waals surface area contributed by atoms with Crippen LogP contribution in [-0.2, 0) is 11.3 Å². The molecule has 0 atom stereocenters. The lowest BCUT2D eigenvalue weighted by atomic mass is 10.3. The highest BCUT2D eigenvalue weighted by molar-refractivity contribution is 7.99. The number of imidazole rings is 1. The van der Waals surface area contributed by atoms with Gasteiger partial charge in [-0.15, -0.1) is 0 Å². The van der Waals surface area contributed by atoms with E-state index in [-0.39, 0.29) is 17.3 Å². The number of carbonyl (C=O) groups excluding carboxylic acids is 1. The minimum absolute atomic E-state index is 0.0235. The number of furan rings is 1. The summed E-state index contributed by atoms with van der Waals surface area (Å²) in [6.45, 7) is 0.336. The van der Waals surface area contributed by atoms with Gasteiger partial charge >= 0.3 is 0 Å². The molecule has 0 aliphatic carbocycles. The van der Waals surface area contributed by atoms with Gasteiger partial charge in [0.25, 0.3) is 5.69 Å². The quantitative estimate of drug-likeness (QED) is 0.396. The summed E-state index contributed by atoms with van der Waals surface area (Å²) in [7, 11) is 0. The van der Waals surface area contributed by atoms with Gasteiger partial charge in [-0.1, -0.05) is 11.8 Å². The van der Waals surface area contributed by atoms with Crippen LogP contribution in [0, 0.1) is 10.1 Å². The first-order valence-electron chi connectivity index (χ1n) is 7.33. The lowest BCUT2D eigenvalue weighted by Gasteiger charge is -2.07. The van der Waals surface area contributed by atoms with Crippen LogP contribution in [0.15, 0.2) is 64.6 Å². The number of nitro benzene ring substituents is 1. The molecule has 9 heteroatoms. The molecular weight excluding hydrogens is 344 g/mol. The number of nitrogens with one attached hydrogen (secondary N) is 1. The Bertz CT molecular complexity index is 859. The molecule has 0 aliphatic rings.